The van der Waals surface area contributed by atoms with Crippen molar-refractivity contribution in [3.05, 3.63) is 35.9 Å². The second-order valence-corrected chi connectivity index (χ2v) is 10.2. The van der Waals surface area contributed by atoms with Gasteiger partial charge < -0.3 is 32.1 Å². The Morgan fingerprint density at radius 2 is 1.80 bits per heavy atom. The summed E-state index contributed by atoms with van der Waals surface area (Å²) in [6.07, 6.45) is -1.72. The number of rotatable bonds is 9. The molecule has 1 fully saturated rings. The Bertz CT molecular complexity index is 896. The van der Waals surface area contributed by atoms with Gasteiger partial charge in [0.15, 0.2) is 6.10 Å². The highest BCUT2D eigenvalue weighted by molar-refractivity contribution is 6.21. The van der Waals surface area contributed by atoms with Gasteiger partial charge in [0.1, 0.15) is 6.04 Å². The minimum atomic E-state index is -1.68. The molecule has 4 amide bonds. The second kappa shape index (κ2) is 13.1. The largest absolute Gasteiger partial charge is 0.381 e. The third kappa shape index (κ3) is 9.29. The zero-order valence-corrected chi connectivity index (χ0v) is 21.6. The van der Waals surface area contributed by atoms with Crippen LogP contribution in [0.4, 0.5) is 0 Å². The second-order valence-electron chi connectivity index (χ2n) is 9.61. The minimum absolute atomic E-state index is 0. The number of hydrogen-bond acceptors (Lipinski definition) is 6. The maximum Gasteiger partial charge on any atom is 0.254 e. The number of hydrogen-bond donors (Lipinski definition) is 5. The SMILES string of the molecule is CC(C)(C)NC(=O)[C@@H]1C[C@H](Cl)CN1C(=O)[C@@H](O)[C@H](Cc1ccccc1)NC(=O)[C@@H](N)CC(N)=O.Cl. The first-order valence-corrected chi connectivity index (χ1v) is 11.5. The number of alkyl halides is 1. The molecule has 10 nitrogen and oxygen atoms in total. The van der Waals surface area contributed by atoms with E-state index in [2.05, 4.69) is 10.6 Å². The molecule has 12 heteroatoms. The molecular weight excluding hydrogens is 497 g/mol. The molecule has 1 aliphatic heterocycles. The smallest absolute Gasteiger partial charge is 0.254 e. The predicted octanol–water partition coefficient (Wildman–Crippen LogP) is -0.178. The first kappa shape index (κ1) is 30.6. The van der Waals surface area contributed by atoms with Crippen molar-refractivity contribution in [3.8, 4) is 0 Å². The maximum atomic E-state index is 13.3. The van der Waals surface area contributed by atoms with Crippen LogP contribution in [0.1, 0.15) is 39.2 Å². The van der Waals surface area contributed by atoms with Gasteiger partial charge in [-0.25, -0.2) is 0 Å². The van der Waals surface area contributed by atoms with Gasteiger partial charge in [-0.2, -0.15) is 0 Å². The Kier molecular flexibility index (Phi) is 11.4. The highest BCUT2D eigenvalue weighted by Gasteiger charge is 2.43. The first-order chi connectivity index (χ1) is 15.8. The van der Waals surface area contributed by atoms with Crippen molar-refractivity contribution in [2.45, 2.75) is 75.2 Å². The molecule has 0 unspecified atom stereocenters. The number of halogens is 2. The van der Waals surface area contributed by atoms with Crippen molar-refractivity contribution in [1.29, 1.82) is 0 Å². The van der Waals surface area contributed by atoms with Crippen LogP contribution in [-0.4, -0.2) is 75.3 Å². The van der Waals surface area contributed by atoms with Crippen LogP contribution in [0.2, 0.25) is 0 Å². The summed E-state index contributed by atoms with van der Waals surface area (Å²) < 4.78 is 0. The van der Waals surface area contributed by atoms with E-state index < -0.39 is 52.9 Å². The molecule has 1 aliphatic rings. The molecule has 35 heavy (non-hydrogen) atoms. The average molecular weight is 532 g/mol. The van der Waals surface area contributed by atoms with Gasteiger partial charge in [0.05, 0.1) is 23.9 Å². The summed E-state index contributed by atoms with van der Waals surface area (Å²) in [7, 11) is 0. The van der Waals surface area contributed by atoms with Crippen molar-refractivity contribution in [3.63, 3.8) is 0 Å². The van der Waals surface area contributed by atoms with Crippen LogP contribution in [0.5, 0.6) is 0 Å². The molecule has 1 aromatic carbocycles. The van der Waals surface area contributed by atoms with Gasteiger partial charge in [-0.05, 0) is 39.2 Å². The molecule has 2 rings (SSSR count). The molecule has 0 saturated carbocycles. The number of nitrogens with one attached hydrogen (secondary N) is 2. The van der Waals surface area contributed by atoms with Crippen molar-refractivity contribution >= 4 is 47.6 Å². The third-order valence-electron chi connectivity index (χ3n) is 5.35. The number of carbonyl (C=O) groups excluding carboxylic acids is 4. The fourth-order valence-electron chi connectivity index (χ4n) is 3.78. The molecule has 0 radical (unpaired) electrons. The Morgan fingerprint density at radius 1 is 1.20 bits per heavy atom. The van der Waals surface area contributed by atoms with Gasteiger partial charge in [0, 0.05) is 12.1 Å². The molecule has 1 heterocycles. The highest BCUT2D eigenvalue weighted by Crippen LogP contribution is 2.25. The van der Waals surface area contributed by atoms with Gasteiger partial charge in [-0.15, -0.1) is 24.0 Å². The number of carbonyl (C=O) groups is 4. The lowest BCUT2D eigenvalue weighted by Gasteiger charge is -2.32. The number of amides is 4. The Morgan fingerprint density at radius 3 is 2.34 bits per heavy atom. The maximum absolute atomic E-state index is 13.3. The standard InChI is InChI=1S/C23H34ClN5O5.ClH/c1-23(2,3)28-21(33)17-10-14(24)12-29(17)22(34)19(31)16(9-13-7-5-4-6-8-13)27-20(32)15(25)11-18(26)30;/h4-8,14-17,19,31H,9-12,25H2,1-3H3,(H2,26,30)(H,27,32)(H,28,33);1H/t14-,15-,16-,17-,19-;/m0./s1. The highest BCUT2D eigenvalue weighted by atomic mass is 35.5. The van der Waals surface area contributed by atoms with Crippen LogP contribution in [0, 0.1) is 0 Å². The number of nitrogens with two attached hydrogens (primary N) is 2. The van der Waals surface area contributed by atoms with E-state index in [9.17, 15) is 24.3 Å². The number of aliphatic hydroxyl groups excluding tert-OH is 1. The van der Waals surface area contributed by atoms with E-state index in [4.69, 9.17) is 23.1 Å². The van der Waals surface area contributed by atoms with Crippen LogP contribution in [-0.2, 0) is 25.6 Å². The van der Waals surface area contributed by atoms with Crippen LogP contribution < -0.4 is 22.1 Å². The third-order valence-corrected chi connectivity index (χ3v) is 5.67. The molecule has 0 spiro atoms. The van der Waals surface area contributed by atoms with Crippen molar-refractivity contribution < 1.29 is 24.3 Å². The van der Waals surface area contributed by atoms with Gasteiger partial charge in [-0.1, -0.05) is 30.3 Å². The van der Waals surface area contributed by atoms with E-state index in [1.54, 1.807) is 24.3 Å². The lowest BCUT2D eigenvalue weighted by Crippen LogP contribution is -2.58. The molecule has 1 saturated heterocycles. The van der Waals surface area contributed by atoms with Crippen LogP contribution in [0.15, 0.2) is 30.3 Å². The first-order valence-electron chi connectivity index (χ1n) is 11.1. The van der Waals surface area contributed by atoms with Crippen LogP contribution in [0.25, 0.3) is 0 Å². The van der Waals surface area contributed by atoms with Crippen molar-refractivity contribution in [2.75, 3.05) is 6.54 Å². The number of aliphatic hydroxyl groups is 1. The number of likely N-dealkylation sites (tertiary alicyclic amines) is 1. The molecule has 7 N–H and O–H groups in total. The zero-order chi connectivity index (χ0) is 25.6. The fourth-order valence-corrected chi connectivity index (χ4v) is 4.10. The topological polar surface area (TPSA) is 168 Å². The monoisotopic (exact) mass is 531 g/mol. The summed E-state index contributed by atoms with van der Waals surface area (Å²) in [6.45, 7) is 5.53. The normalized spacial score (nSPS) is 20.2. The van der Waals surface area contributed by atoms with E-state index in [0.29, 0.717) is 0 Å². The van der Waals surface area contributed by atoms with E-state index >= 15 is 0 Å². The van der Waals surface area contributed by atoms with Gasteiger partial charge in [0.2, 0.25) is 17.7 Å². The van der Waals surface area contributed by atoms with Crippen LogP contribution in [0.3, 0.4) is 0 Å². The molecule has 5 atom stereocenters. The Hall–Kier alpha value is -2.40. The summed E-state index contributed by atoms with van der Waals surface area (Å²) in [5.41, 5.74) is 11.1. The summed E-state index contributed by atoms with van der Waals surface area (Å²) in [5.74, 6) is -2.59. The van der Waals surface area contributed by atoms with Crippen molar-refractivity contribution in [1.82, 2.24) is 15.5 Å². The number of primary amides is 1. The molecule has 0 bridgehead atoms. The van der Waals surface area contributed by atoms with Gasteiger partial charge in [0.25, 0.3) is 5.91 Å². The van der Waals surface area contributed by atoms with E-state index in [-0.39, 0.29) is 44.1 Å². The van der Waals surface area contributed by atoms with E-state index in [0.717, 1.165) is 5.56 Å². The summed E-state index contributed by atoms with van der Waals surface area (Å²) in [5, 5.41) is 16.0. The van der Waals surface area contributed by atoms with Crippen LogP contribution >= 0.6 is 24.0 Å². The van der Waals surface area contributed by atoms with E-state index in [1.807, 2.05) is 26.8 Å². The summed E-state index contributed by atoms with van der Waals surface area (Å²) >= 11 is 6.26. The Labute approximate surface area is 216 Å². The summed E-state index contributed by atoms with van der Waals surface area (Å²) in [6, 6.07) is 5.79. The lowest BCUT2D eigenvalue weighted by molar-refractivity contribution is -0.147. The minimum Gasteiger partial charge on any atom is -0.381 e. The molecular formula is C23H35Cl2N5O5. The van der Waals surface area contributed by atoms with Crippen molar-refractivity contribution in [2.24, 2.45) is 11.5 Å². The van der Waals surface area contributed by atoms with E-state index in [1.165, 1.54) is 4.90 Å². The number of benzene rings is 1. The van der Waals surface area contributed by atoms with Gasteiger partial charge >= 0.3 is 0 Å². The average Bonchev–Trinajstić information content (AvgIpc) is 3.13. The summed E-state index contributed by atoms with van der Waals surface area (Å²) in [4.78, 5) is 51.0. The fraction of sp³-hybridized carbons (Fsp3) is 0.565. The molecule has 196 valence electrons. The predicted molar refractivity (Wildman–Crippen MR) is 135 cm³/mol. The molecule has 1 aromatic rings. The Balaban J connectivity index is 0.00000612. The van der Waals surface area contributed by atoms with Gasteiger partial charge in [-0.3, -0.25) is 19.2 Å². The number of nitrogens with zero attached hydrogens (tertiary/aromatic N) is 1. The molecule has 0 aliphatic carbocycles. The lowest BCUT2D eigenvalue weighted by atomic mass is 9.99. The molecule has 0 aromatic heterocycles. The zero-order valence-electron chi connectivity index (χ0n) is 20.1. The quantitative estimate of drug-likeness (QED) is 0.277.